The van der Waals surface area contributed by atoms with Crippen LogP contribution in [0.1, 0.15) is 39.0 Å². The molecule has 6 nitrogen and oxygen atoms in total. The van der Waals surface area contributed by atoms with Crippen molar-refractivity contribution >= 4 is 22.6 Å². The van der Waals surface area contributed by atoms with Gasteiger partial charge in [-0.05, 0) is 45.7 Å². The summed E-state index contributed by atoms with van der Waals surface area (Å²) in [6.45, 7) is 5.54. The number of hydrogen-bond donors (Lipinski definition) is 2. The Bertz CT molecular complexity index is 422. The van der Waals surface area contributed by atoms with Crippen molar-refractivity contribution in [2.24, 2.45) is 5.41 Å². The van der Waals surface area contributed by atoms with Gasteiger partial charge in [0.2, 0.25) is 0 Å². The zero-order valence-corrected chi connectivity index (χ0v) is 15.3. The van der Waals surface area contributed by atoms with E-state index in [2.05, 4.69) is 10.0 Å². The average molecular weight is 356 g/mol. The van der Waals surface area contributed by atoms with Crippen LogP contribution in [0.4, 0.5) is 0 Å². The molecule has 0 radical (unpaired) electrons. The minimum atomic E-state index is -3.38. The Kier molecular flexibility index (Phi) is 8.05. The highest BCUT2D eigenvalue weighted by Gasteiger charge is 2.36. The fourth-order valence-electron chi connectivity index (χ4n) is 3.39. The second-order valence-corrected chi connectivity index (χ2v) is 8.17. The van der Waals surface area contributed by atoms with Gasteiger partial charge in [0, 0.05) is 31.7 Å². The van der Waals surface area contributed by atoms with Crippen LogP contribution in [-0.2, 0) is 14.9 Å². The van der Waals surface area contributed by atoms with Crippen molar-refractivity contribution in [1.82, 2.24) is 14.3 Å². The SMILES string of the molecule is COCC1(CNS(=O)(=O)N2CCCCC2C)CCNCC1.Cl. The summed E-state index contributed by atoms with van der Waals surface area (Å²) in [5.41, 5.74) is -0.0773. The molecule has 0 amide bonds. The van der Waals surface area contributed by atoms with Crippen molar-refractivity contribution < 1.29 is 13.2 Å². The molecular weight excluding hydrogens is 326 g/mol. The molecule has 1 atom stereocenters. The Hall–Kier alpha value is 0.0800. The summed E-state index contributed by atoms with van der Waals surface area (Å²) < 4.78 is 34.9. The lowest BCUT2D eigenvalue weighted by molar-refractivity contribution is 0.0572. The van der Waals surface area contributed by atoms with Crippen molar-refractivity contribution in [2.45, 2.75) is 45.1 Å². The van der Waals surface area contributed by atoms with Crippen LogP contribution in [0, 0.1) is 5.41 Å². The number of halogens is 1. The number of piperidine rings is 2. The molecule has 132 valence electrons. The summed E-state index contributed by atoms with van der Waals surface area (Å²) in [5, 5.41) is 3.32. The van der Waals surface area contributed by atoms with Crippen molar-refractivity contribution in [2.75, 3.05) is 39.9 Å². The summed E-state index contributed by atoms with van der Waals surface area (Å²) in [6, 6.07) is 0.0997. The predicted octanol–water partition coefficient (Wildman–Crippen LogP) is 1.13. The van der Waals surface area contributed by atoms with E-state index in [1.54, 1.807) is 11.4 Å². The summed E-state index contributed by atoms with van der Waals surface area (Å²) in [5.74, 6) is 0. The van der Waals surface area contributed by atoms with Crippen LogP contribution >= 0.6 is 12.4 Å². The first-order valence-electron chi connectivity index (χ1n) is 7.95. The third kappa shape index (κ3) is 5.04. The second-order valence-electron chi connectivity index (χ2n) is 6.46. The zero-order chi connectivity index (χ0) is 15.3. The van der Waals surface area contributed by atoms with Gasteiger partial charge in [0.05, 0.1) is 6.61 Å². The van der Waals surface area contributed by atoms with Gasteiger partial charge >= 0.3 is 0 Å². The molecule has 2 aliphatic rings. The number of methoxy groups -OCH3 is 1. The Morgan fingerprint density at radius 2 is 2.00 bits per heavy atom. The van der Waals surface area contributed by atoms with Gasteiger partial charge < -0.3 is 10.1 Å². The number of hydrogen-bond acceptors (Lipinski definition) is 4. The van der Waals surface area contributed by atoms with Crippen molar-refractivity contribution in [1.29, 1.82) is 0 Å². The van der Waals surface area contributed by atoms with Crippen LogP contribution in [0.15, 0.2) is 0 Å². The van der Waals surface area contributed by atoms with Gasteiger partial charge in [-0.3, -0.25) is 0 Å². The molecule has 22 heavy (non-hydrogen) atoms. The molecular formula is C14H30ClN3O3S. The fourth-order valence-corrected chi connectivity index (χ4v) is 4.99. The highest BCUT2D eigenvalue weighted by atomic mass is 35.5. The van der Waals surface area contributed by atoms with Crippen LogP contribution in [0.5, 0.6) is 0 Å². The molecule has 0 saturated carbocycles. The predicted molar refractivity (Wildman–Crippen MR) is 90.6 cm³/mol. The molecule has 8 heteroatoms. The lowest BCUT2D eigenvalue weighted by atomic mass is 9.80. The molecule has 0 aromatic rings. The summed E-state index contributed by atoms with van der Waals surface area (Å²) in [4.78, 5) is 0. The third-order valence-electron chi connectivity index (χ3n) is 4.80. The summed E-state index contributed by atoms with van der Waals surface area (Å²) in [7, 11) is -1.70. The van der Waals surface area contributed by atoms with Gasteiger partial charge in [0.1, 0.15) is 0 Å². The smallest absolute Gasteiger partial charge is 0.279 e. The summed E-state index contributed by atoms with van der Waals surface area (Å²) >= 11 is 0. The lowest BCUT2D eigenvalue weighted by Crippen LogP contribution is -2.52. The largest absolute Gasteiger partial charge is 0.384 e. The van der Waals surface area contributed by atoms with E-state index < -0.39 is 10.2 Å². The zero-order valence-electron chi connectivity index (χ0n) is 13.6. The first kappa shape index (κ1) is 20.1. The Labute approximate surface area is 140 Å². The quantitative estimate of drug-likeness (QED) is 0.749. The minimum absolute atomic E-state index is 0. The first-order valence-corrected chi connectivity index (χ1v) is 9.39. The van der Waals surface area contributed by atoms with E-state index in [1.807, 2.05) is 6.92 Å². The molecule has 0 aromatic heterocycles. The van der Waals surface area contributed by atoms with Crippen LogP contribution in [0.25, 0.3) is 0 Å². The van der Waals surface area contributed by atoms with Gasteiger partial charge in [-0.1, -0.05) is 6.42 Å². The van der Waals surface area contributed by atoms with E-state index in [1.165, 1.54) is 0 Å². The van der Waals surface area contributed by atoms with Crippen LogP contribution in [0.2, 0.25) is 0 Å². The number of ether oxygens (including phenoxy) is 1. The highest BCUT2D eigenvalue weighted by Crippen LogP contribution is 2.29. The van der Waals surface area contributed by atoms with E-state index in [0.29, 0.717) is 19.7 Å². The molecule has 2 fully saturated rings. The number of nitrogens with one attached hydrogen (secondary N) is 2. The van der Waals surface area contributed by atoms with Gasteiger partial charge in [-0.25, -0.2) is 4.72 Å². The molecule has 0 aliphatic carbocycles. The lowest BCUT2D eigenvalue weighted by Gasteiger charge is -2.38. The molecule has 2 N–H and O–H groups in total. The molecule has 0 bridgehead atoms. The van der Waals surface area contributed by atoms with E-state index >= 15 is 0 Å². The molecule has 2 saturated heterocycles. The Morgan fingerprint density at radius 3 is 2.59 bits per heavy atom. The van der Waals surface area contributed by atoms with Crippen molar-refractivity contribution in [3.8, 4) is 0 Å². The minimum Gasteiger partial charge on any atom is -0.384 e. The van der Waals surface area contributed by atoms with Gasteiger partial charge in [0.25, 0.3) is 10.2 Å². The van der Waals surface area contributed by atoms with E-state index in [0.717, 1.165) is 45.2 Å². The van der Waals surface area contributed by atoms with Crippen LogP contribution in [-0.4, -0.2) is 58.7 Å². The molecule has 2 heterocycles. The normalized spacial score (nSPS) is 26.4. The maximum Gasteiger partial charge on any atom is 0.279 e. The van der Waals surface area contributed by atoms with Gasteiger partial charge in [0.15, 0.2) is 0 Å². The van der Waals surface area contributed by atoms with Gasteiger partial charge in [-0.2, -0.15) is 12.7 Å². The second kappa shape index (κ2) is 8.80. The molecule has 2 rings (SSSR count). The standard InChI is InChI=1S/C14H29N3O3S.ClH/c1-13-5-3-4-10-17(13)21(18,19)16-11-14(12-20-2)6-8-15-9-7-14;/h13,15-16H,3-12H2,1-2H3;1H. The number of rotatable bonds is 6. The van der Waals surface area contributed by atoms with Crippen LogP contribution in [0.3, 0.4) is 0 Å². The molecule has 0 aromatic carbocycles. The summed E-state index contributed by atoms with van der Waals surface area (Å²) in [6.07, 6.45) is 4.91. The van der Waals surface area contributed by atoms with Crippen molar-refractivity contribution in [3.05, 3.63) is 0 Å². The van der Waals surface area contributed by atoms with E-state index in [-0.39, 0.29) is 23.9 Å². The first-order chi connectivity index (χ1) is 9.99. The molecule has 1 unspecified atom stereocenters. The van der Waals surface area contributed by atoms with Crippen LogP contribution < -0.4 is 10.0 Å². The maximum atomic E-state index is 12.5. The van der Waals surface area contributed by atoms with E-state index in [4.69, 9.17) is 4.74 Å². The Balaban J connectivity index is 0.00000242. The highest BCUT2D eigenvalue weighted by molar-refractivity contribution is 7.87. The molecule has 0 spiro atoms. The maximum absolute atomic E-state index is 12.5. The van der Waals surface area contributed by atoms with Gasteiger partial charge in [-0.15, -0.1) is 12.4 Å². The third-order valence-corrected chi connectivity index (χ3v) is 6.46. The average Bonchev–Trinajstić information content (AvgIpc) is 2.47. The number of nitrogens with zero attached hydrogens (tertiary/aromatic N) is 1. The van der Waals surface area contributed by atoms with Crippen molar-refractivity contribution in [3.63, 3.8) is 0 Å². The van der Waals surface area contributed by atoms with E-state index in [9.17, 15) is 8.42 Å². The fraction of sp³-hybridized carbons (Fsp3) is 1.00. The monoisotopic (exact) mass is 355 g/mol. The Morgan fingerprint density at radius 1 is 1.32 bits per heavy atom. The topological polar surface area (TPSA) is 70.7 Å². The molecule has 2 aliphatic heterocycles.